The summed E-state index contributed by atoms with van der Waals surface area (Å²) in [5.41, 5.74) is 5.81. The van der Waals surface area contributed by atoms with E-state index in [2.05, 4.69) is 26.6 Å². The second-order valence-corrected chi connectivity index (χ2v) is 29.4. The Balaban J connectivity index is 4.27. The molecule has 0 bridgehead atoms. The third-order valence-electron chi connectivity index (χ3n) is 18.9. The van der Waals surface area contributed by atoms with E-state index in [9.17, 15) is 87.2 Å². The van der Waals surface area contributed by atoms with Crippen LogP contribution in [0.4, 0.5) is 0 Å². The number of ether oxygens (including phenoxy) is 8. The van der Waals surface area contributed by atoms with Crippen LogP contribution in [0.2, 0.25) is 0 Å². The van der Waals surface area contributed by atoms with Gasteiger partial charge in [0.25, 0.3) is 0 Å². The number of aliphatic carboxylic acids is 5. The highest BCUT2D eigenvalue weighted by atomic mass is 16.5. The van der Waals surface area contributed by atoms with Crippen molar-refractivity contribution in [1.82, 2.24) is 26.6 Å². The van der Waals surface area contributed by atoms with Gasteiger partial charge < -0.3 is 95.7 Å². The fourth-order valence-corrected chi connectivity index (χ4v) is 12.1. The summed E-state index contributed by atoms with van der Waals surface area (Å²) in [6.45, 7) is 3.52. The van der Waals surface area contributed by atoms with Crippen LogP contribution in [-0.4, -0.2) is 258 Å². The molecule has 0 heterocycles. The third-order valence-corrected chi connectivity index (χ3v) is 18.9. The first kappa shape index (κ1) is 109. The maximum absolute atomic E-state index is 13.6. The minimum atomic E-state index is -1.40. The van der Waals surface area contributed by atoms with Gasteiger partial charge >= 0.3 is 29.8 Å². The Bertz CT molecular complexity index is 2740. The number of hydrogen-bond acceptors (Lipinski definition) is 24. The van der Waals surface area contributed by atoms with Gasteiger partial charge in [-0.15, -0.1) is 0 Å². The van der Waals surface area contributed by atoms with E-state index in [1.165, 1.54) is 13.3 Å². The molecule has 12 N–H and O–H groups in total. The summed E-state index contributed by atoms with van der Waals surface area (Å²) in [7, 11) is 0. The van der Waals surface area contributed by atoms with Crippen LogP contribution in [0.25, 0.3) is 0 Å². The van der Waals surface area contributed by atoms with E-state index < -0.39 is 101 Å². The van der Waals surface area contributed by atoms with E-state index >= 15 is 0 Å². The second kappa shape index (κ2) is 76.4. The van der Waals surface area contributed by atoms with Crippen LogP contribution < -0.4 is 32.3 Å². The Morgan fingerprint density at radius 1 is 0.267 bits per heavy atom. The molecule has 34 nitrogen and oxygen atoms in total. The lowest BCUT2D eigenvalue weighted by Crippen LogP contribution is -2.43. The van der Waals surface area contributed by atoms with Gasteiger partial charge in [-0.1, -0.05) is 116 Å². The summed E-state index contributed by atoms with van der Waals surface area (Å²) in [4.78, 5) is 182. The third kappa shape index (κ3) is 72.0. The fourth-order valence-electron chi connectivity index (χ4n) is 12.1. The smallest absolute Gasteiger partial charge is 0.326 e. The normalized spacial score (nSPS) is 12.5. The number of Topliss-reactive ketones (excluding diaryl/α,β-unsaturated/α-hetero) is 5. The SMILES string of the molecule is C[C@H](N)C(=O)C[C@@H](CCCCNC(=O)CC[C@H](CC(=O)COCCOCCNC(=O)COCCOCCCC(=O)CCCCCCCCCCCCC(=O)O)C(=O)O)C(=O)C[C@@H](CCCCNC(=O)CC[C@H](NC(=O)COCCOCCCC(=O)COCCOCCNC(=O)CCCCCCCCCCCCC(=O)O)C(=O)O)C(=O)O. The molecule has 0 aliphatic carbocycles. The summed E-state index contributed by atoms with van der Waals surface area (Å²) >= 11 is 0. The first-order valence-corrected chi connectivity index (χ1v) is 42.3. The molecule has 0 saturated carbocycles. The lowest BCUT2D eigenvalue weighted by atomic mass is 9.85. The summed E-state index contributed by atoms with van der Waals surface area (Å²) < 4.78 is 43.2. The molecule has 34 heteroatoms. The number of carboxylic acids is 5. The average molecular weight is 1660 g/mol. The van der Waals surface area contributed by atoms with Crippen LogP contribution in [0.3, 0.4) is 0 Å². The molecule has 0 aromatic rings. The first-order chi connectivity index (χ1) is 55.8. The fraction of sp³-hybridized carbons (Fsp3) is 0.817. The number of hydrogen-bond donors (Lipinski definition) is 11. The molecule has 0 aliphatic heterocycles. The largest absolute Gasteiger partial charge is 0.481 e. The quantitative estimate of drug-likeness (QED) is 0.0262. The predicted octanol–water partition coefficient (Wildman–Crippen LogP) is 7.53. The van der Waals surface area contributed by atoms with Gasteiger partial charge in [-0.3, -0.25) is 67.1 Å². The van der Waals surface area contributed by atoms with Gasteiger partial charge in [0.05, 0.1) is 83.9 Å². The number of amides is 5. The zero-order valence-electron chi connectivity index (χ0n) is 69.2. The van der Waals surface area contributed by atoms with Crippen molar-refractivity contribution in [2.24, 2.45) is 23.5 Å². The summed E-state index contributed by atoms with van der Waals surface area (Å²) in [6.07, 6.45) is 23.7. The molecule has 0 radical (unpaired) electrons. The average Bonchev–Trinajstić information content (AvgIpc) is 0.910. The number of carboxylic acid groups (broad SMARTS) is 5. The molecule has 0 aromatic heterocycles. The lowest BCUT2D eigenvalue weighted by Gasteiger charge is -2.19. The number of rotatable bonds is 88. The van der Waals surface area contributed by atoms with Crippen molar-refractivity contribution < 1.29 is 135 Å². The van der Waals surface area contributed by atoms with Gasteiger partial charge in [0, 0.05) is 116 Å². The first-order valence-electron chi connectivity index (χ1n) is 42.3. The van der Waals surface area contributed by atoms with Crippen LogP contribution in [0.5, 0.6) is 0 Å². The highest BCUT2D eigenvalue weighted by molar-refractivity contribution is 5.92. The van der Waals surface area contributed by atoms with Crippen LogP contribution >= 0.6 is 0 Å². The highest BCUT2D eigenvalue weighted by Gasteiger charge is 2.29. The minimum absolute atomic E-state index is 0.00670. The standard InChI is InChI=1S/C82H142N6O28/c1-63(83)71(92)57-64(28-22-24-40-84-74(95)38-36-66(81(105)106)56-69(91)60-114-53-51-112-47-43-87-76(97)61-115-54-48-109-44-26-31-67(89)30-18-14-10-6-2-4-8-12-16-20-34-78(99)100)72(93)58-65(80(103)104)29-23-25-41-85-75(96)39-37-70(82(107)108)88-77(98)62-116-55-49-110-45-27-32-68(90)59-113-52-50-111-46-42-86-73(94)33-19-15-11-7-3-5-9-13-17-21-35-79(101)102/h63-66,70H,2-62,83H2,1H3,(H,84,95)(H,85,96)(H,86,94)(H,87,97)(H,88,98)(H,99,100)(H,101,102)(H,103,104)(H,105,106)(H,107,108)/t63-,64+,65+,66+,70-/m0/s1. The molecule has 0 fully saturated rings. The van der Waals surface area contributed by atoms with Gasteiger partial charge in [0.2, 0.25) is 29.5 Å². The molecule has 0 saturated heterocycles. The lowest BCUT2D eigenvalue weighted by molar-refractivity contribution is -0.145. The van der Waals surface area contributed by atoms with E-state index in [1.807, 2.05) is 0 Å². The molecule has 668 valence electrons. The minimum Gasteiger partial charge on any atom is -0.481 e. The van der Waals surface area contributed by atoms with Crippen molar-refractivity contribution in [3.63, 3.8) is 0 Å². The second-order valence-electron chi connectivity index (χ2n) is 29.4. The van der Waals surface area contributed by atoms with E-state index in [0.29, 0.717) is 71.1 Å². The Morgan fingerprint density at radius 3 is 1.07 bits per heavy atom. The molecule has 0 rings (SSSR count). The van der Waals surface area contributed by atoms with Gasteiger partial charge in [-0.25, -0.2) is 4.79 Å². The van der Waals surface area contributed by atoms with E-state index in [0.717, 1.165) is 122 Å². The number of unbranched alkanes of at least 4 members (excludes halogenated alkanes) is 20. The molecule has 0 spiro atoms. The maximum atomic E-state index is 13.6. The van der Waals surface area contributed by atoms with Crippen LogP contribution in [0.1, 0.15) is 270 Å². The molecule has 0 aromatic carbocycles. The number of carbonyl (C=O) groups is 15. The topological polar surface area (TPSA) is 517 Å². The zero-order valence-corrected chi connectivity index (χ0v) is 69.2. The van der Waals surface area contributed by atoms with E-state index in [1.54, 1.807) is 0 Å². The van der Waals surface area contributed by atoms with Crippen molar-refractivity contribution in [3.05, 3.63) is 0 Å². The van der Waals surface area contributed by atoms with E-state index in [-0.39, 0.29) is 212 Å². The highest BCUT2D eigenvalue weighted by Crippen LogP contribution is 2.24. The maximum Gasteiger partial charge on any atom is 0.326 e. The molecule has 5 atom stereocenters. The molecular formula is C82H142N6O28. The Labute approximate surface area is 685 Å². The van der Waals surface area contributed by atoms with Crippen LogP contribution in [0.15, 0.2) is 0 Å². The van der Waals surface area contributed by atoms with Crippen molar-refractivity contribution in [2.75, 3.05) is 132 Å². The number of ketones is 5. The van der Waals surface area contributed by atoms with Gasteiger partial charge in [0.1, 0.15) is 49.8 Å². The molecular weight excluding hydrogens is 1520 g/mol. The monoisotopic (exact) mass is 1660 g/mol. The number of nitrogens with one attached hydrogen (secondary N) is 5. The van der Waals surface area contributed by atoms with Crippen molar-refractivity contribution in [2.45, 2.75) is 282 Å². The van der Waals surface area contributed by atoms with E-state index in [4.69, 9.17) is 53.8 Å². The Kier molecular flexibility index (Phi) is 71.6. The zero-order chi connectivity index (χ0) is 85.9. The van der Waals surface area contributed by atoms with Crippen molar-refractivity contribution >= 4 is 88.3 Å². The van der Waals surface area contributed by atoms with Crippen LogP contribution in [-0.2, 0) is 110 Å². The van der Waals surface area contributed by atoms with Crippen molar-refractivity contribution in [3.8, 4) is 0 Å². The van der Waals surface area contributed by atoms with Crippen LogP contribution in [0, 0.1) is 17.8 Å². The predicted molar refractivity (Wildman–Crippen MR) is 427 cm³/mol. The molecule has 116 heavy (non-hydrogen) atoms. The molecule has 0 unspecified atom stereocenters. The Morgan fingerprint density at radius 2 is 0.612 bits per heavy atom. The molecule has 0 aliphatic rings. The molecule has 5 amide bonds. The van der Waals surface area contributed by atoms with Gasteiger partial charge in [-0.2, -0.15) is 0 Å². The number of carbonyl (C=O) groups excluding carboxylic acids is 10. The summed E-state index contributed by atoms with van der Waals surface area (Å²) in [5.74, 6) is -11.7. The van der Waals surface area contributed by atoms with Gasteiger partial charge in [-0.05, 0) is 84.0 Å². The number of nitrogens with two attached hydrogens (primary N) is 1. The summed E-state index contributed by atoms with van der Waals surface area (Å²) in [6, 6.07) is -2.28. The van der Waals surface area contributed by atoms with Crippen molar-refractivity contribution in [1.29, 1.82) is 0 Å². The van der Waals surface area contributed by atoms with Gasteiger partial charge in [0.15, 0.2) is 11.6 Å². The Hall–Kier alpha value is -7.31. The summed E-state index contributed by atoms with van der Waals surface area (Å²) in [5, 5.41) is 60.0.